The van der Waals surface area contributed by atoms with Gasteiger partial charge in [-0.15, -0.1) is 5.54 Å². The Bertz CT molecular complexity index is 640. The molecule has 0 aliphatic heterocycles. The van der Waals surface area contributed by atoms with Gasteiger partial charge < -0.3 is 0 Å². The molecule has 0 fully saturated rings. The van der Waals surface area contributed by atoms with Crippen molar-refractivity contribution in [1.29, 1.82) is 0 Å². The maximum atomic E-state index is 13.6. The van der Waals surface area contributed by atoms with Crippen LogP contribution in [0.5, 0.6) is 0 Å². The van der Waals surface area contributed by atoms with E-state index in [0.29, 0.717) is 0 Å². The quantitative estimate of drug-likeness (QED) is 0.272. The van der Waals surface area contributed by atoms with Crippen molar-refractivity contribution in [2.45, 2.75) is 55.4 Å². The normalized spacial score (nSPS) is 15.3. The molecule has 0 bridgehead atoms. The van der Waals surface area contributed by atoms with Gasteiger partial charge in [-0.1, -0.05) is 32.1 Å². The van der Waals surface area contributed by atoms with E-state index in [1.807, 2.05) is 5.54 Å². The zero-order valence-corrected chi connectivity index (χ0v) is 14.6. The number of allylic oxidation sites excluding steroid dienone is 1. The maximum Gasteiger partial charge on any atom is 0.460 e. The minimum atomic E-state index is -7.92. The molecule has 0 heterocycles. The van der Waals surface area contributed by atoms with Crippen molar-refractivity contribution in [3.05, 3.63) is 12.2 Å². The van der Waals surface area contributed by atoms with Crippen LogP contribution in [0.3, 0.4) is 0 Å². The number of halogens is 13. The Hall–Kier alpha value is -1.39. The zero-order valence-electron chi connectivity index (χ0n) is 13.6. The molecule has 0 unspecified atom stereocenters. The van der Waals surface area contributed by atoms with Gasteiger partial charge in [0.05, 0.1) is 5.57 Å². The number of hydrogen-bond acceptors (Lipinski definition) is 0. The summed E-state index contributed by atoms with van der Waals surface area (Å²) in [6, 6.07) is 0. The van der Waals surface area contributed by atoms with E-state index in [9.17, 15) is 57.1 Å². The molecule has 0 aromatic heterocycles. The summed E-state index contributed by atoms with van der Waals surface area (Å²) < 4.78 is 168. The van der Waals surface area contributed by atoms with Crippen molar-refractivity contribution < 1.29 is 57.1 Å². The lowest BCUT2D eigenvalue weighted by Gasteiger charge is -2.39. The molecule has 0 N–H and O–H groups in total. The van der Waals surface area contributed by atoms with E-state index in [1.165, 1.54) is 25.6 Å². The second kappa shape index (κ2) is 6.59. The third-order valence-electron chi connectivity index (χ3n) is 2.90. The van der Waals surface area contributed by atoms with Gasteiger partial charge in [-0.25, -0.2) is 0 Å². The molecule has 0 rings (SSSR count). The van der Waals surface area contributed by atoms with Crippen molar-refractivity contribution in [2.24, 2.45) is 0 Å². The van der Waals surface area contributed by atoms with Crippen LogP contribution in [0.4, 0.5) is 57.1 Å². The molecule has 0 atom stereocenters. The van der Waals surface area contributed by atoms with Gasteiger partial charge in [-0.2, -0.15) is 57.1 Å². The highest BCUT2D eigenvalue weighted by Gasteiger charge is 2.91. The van der Waals surface area contributed by atoms with Crippen LogP contribution in [-0.2, 0) is 0 Å². The van der Waals surface area contributed by atoms with Crippen molar-refractivity contribution in [3.8, 4) is 11.5 Å². The highest BCUT2D eigenvalue weighted by atomic mass is 28.3. The minimum absolute atomic E-state index is 1.26. The van der Waals surface area contributed by atoms with Crippen LogP contribution in [-0.4, -0.2) is 43.9 Å². The summed E-state index contributed by atoms with van der Waals surface area (Å²) in [6.45, 7) is 6.35. The molecule has 27 heavy (non-hydrogen) atoms. The van der Waals surface area contributed by atoms with Gasteiger partial charge in [0.1, 0.15) is 8.07 Å². The zero-order chi connectivity index (χ0) is 22.5. The first-order chi connectivity index (χ1) is 11.4. The molecule has 0 nitrogen and oxygen atoms in total. The number of rotatable bonds is 5. The van der Waals surface area contributed by atoms with Crippen molar-refractivity contribution in [3.63, 3.8) is 0 Å². The van der Waals surface area contributed by atoms with Gasteiger partial charge in [0.15, 0.2) is 0 Å². The second-order valence-corrected chi connectivity index (χ2v) is 11.1. The van der Waals surface area contributed by atoms with Crippen LogP contribution >= 0.6 is 0 Å². The number of alkyl halides is 13. The van der Waals surface area contributed by atoms with Gasteiger partial charge in [0.2, 0.25) is 0 Å². The first kappa shape index (κ1) is 25.6. The first-order valence-electron chi connectivity index (χ1n) is 6.56. The predicted molar refractivity (Wildman–Crippen MR) is 71.1 cm³/mol. The second-order valence-electron chi connectivity index (χ2n) is 6.35. The molecule has 158 valence electrons. The van der Waals surface area contributed by atoms with E-state index < -0.39 is 49.4 Å². The molecule has 0 radical (unpaired) electrons. The van der Waals surface area contributed by atoms with E-state index >= 15 is 0 Å². The Morgan fingerprint density at radius 1 is 0.630 bits per heavy atom. The molecule has 0 saturated carbocycles. The SMILES string of the molecule is C=C(C#C[Si](C)(C)C)C(F)(F)C(F)(F)C(F)(F)C(F)(F)C(F)(F)C(F)(F)F. The average Bonchev–Trinajstić information content (AvgIpc) is 2.41. The average molecular weight is 442 g/mol. The van der Waals surface area contributed by atoms with E-state index in [0.717, 1.165) is 0 Å². The van der Waals surface area contributed by atoms with Crippen LogP contribution in [0.25, 0.3) is 0 Å². The molecular weight excluding hydrogens is 431 g/mol. The van der Waals surface area contributed by atoms with Crippen molar-refractivity contribution in [1.82, 2.24) is 0 Å². The standard InChI is InChI=1S/C13H11F13Si/c1-7(5-6-27(2,3)4)8(14,15)9(16,17)10(18,19)11(20,21)12(22,23)13(24,25)26/h1H2,2-4H3. The van der Waals surface area contributed by atoms with Crippen LogP contribution in [0.15, 0.2) is 12.2 Å². The lowest BCUT2D eigenvalue weighted by Crippen LogP contribution is -2.70. The lowest BCUT2D eigenvalue weighted by molar-refractivity contribution is -0.436. The molecule has 0 aliphatic carbocycles. The summed E-state index contributed by atoms with van der Waals surface area (Å²) in [4.78, 5) is 0. The van der Waals surface area contributed by atoms with Crippen LogP contribution < -0.4 is 0 Å². The van der Waals surface area contributed by atoms with E-state index in [1.54, 1.807) is 0 Å². The fourth-order valence-corrected chi connectivity index (χ4v) is 1.83. The Balaban J connectivity index is 6.38. The molecule has 0 amide bonds. The van der Waals surface area contributed by atoms with Crippen LogP contribution in [0.1, 0.15) is 0 Å². The highest BCUT2D eigenvalue weighted by molar-refractivity contribution is 6.83. The highest BCUT2D eigenvalue weighted by Crippen LogP contribution is 2.61. The minimum Gasteiger partial charge on any atom is -0.193 e. The molecule has 0 aliphatic rings. The van der Waals surface area contributed by atoms with Crippen LogP contribution in [0, 0.1) is 11.5 Å². The predicted octanol–water partition coefficient (Wildman–Crippen LogP) is 6.16. The summed E-state index contributed by atoms with van der Waals surface area (Å²) in [5.74, 6) is -36.0. The van der Waals surface area contributed by atoms with Crippen molar-refractivity contribution in [2.75, 3.05) is 0 Å². The van der Waals surface area contributed by atoms with Gasteiger partial charge in [-0.05, 0) is 0 Å². The van der Waals surface area contributed by atoms with Gasteiger partial charge in [-0.3, -0.25) is 0 Å². The third kappa shape index (κ3) is 4.07. The fourth-order valence-electron chi connectivity index (χ4n) is 1.30. The van der Waals surface area contributed by atoms with Gasteiger partial charge >= 0.3 is 35.8 Å². The van der Waals surface area contributed by atoms with E-state index in [4.69, 9.17) is 0 Å². The summed E-state index contributed by atoms with van der Waals surface area (Å²) in [7, 11) is -2.60. The molecular formula is C13H11F13Si. The molecule has 0 saturated heterocycles. The Kier molecular flexibility index (Phi) is 6.25. The van der Waals surface area contributed by atoms with E-state index in [2.05, 4.69) is 6.58 Å². The largest absolute Gasteiger partial charge is 0.460 e. The lowest BCUT2D eigenvalue weighted by atomic mass is 9.91. The summed E-state index contributed by atoms with van der Waals surface area (Å²) in [5, 5.41) is 0. The Morgan fingerprint density at radius 2 is 0.963 bits per heavy atom. The summed E-state index contributed by atoms with van der Waals surface area (Å²) in [6.07, 6.45) is -7.43. The molecule has 0 aromatic carbocycles. The topological polar surface area (TPSA) is 0 Å². The van der Waals surface area contributed by atoms with Gasteiger partial charge in [0.25, 0.3) is 0 Å². The maximum absolute atomic E-state index is 13.6. The smallest absolute Gasteiger partial charge is 0.193 e. The first-order valence-corrected chi connectivity index (χ1v) is 10.1. The van der Waals surface area contributed by atoms with E-state index in [-0.39, 0.29) is 0 Å². The summed E-state index contributed by atoms with van der Waals surface area (Å²) in [5.41, 5.74) is -0.387. The monoisotopic (exact) mass is 442 g/mol. The van der Waals surface area contributed by atoms with Crippen molar-refractivity contribution >= 4 is 8.07 Å². The third-order valence-corrected chi connectivity index (χ3v) is 3.78. The molecule has 0 aromatic rings. The number of hydrogen-bond donors (Lipinski definition) is 0. The summed E-state index contributed by atoms with van der Waals surface area (Å²) >= 11 is 0. The Labute approximate surface area is 145 Å². The van der Waals surface area contributed by atoms with Crippen LogP contribution in [0.2, 0.25) is 19.6 Å². The molecule has 14 heteroatoms. The van der Waals surface area contributed by atoms with Gasteiger partial charge in [0, 0.05) is 0 Å². The molecule has 0 spiro atoms. The fraction of sp³-hybridized carbons (Fsp3) is 0.692. The Morgan fingerprint density at radius 3 is 1.26 bits per heavy atom.